The van der Waals surface area contributed by atoms with E-state index in [1.54, 1.807) is 43.1 Å². The largest absolute Gasteiger partial charge is 0.491 e. The number of rotatable bonds is 10. The van der Waals surface area contributed by atoms with Crippen molar-refractivity contribution in [3.05, 3.63) is 59.7 Å². The zero-order valence-corrected chi connectivity index (χ0v) is 16.1. The number of hydrogen-bond acceptors (Lipinski definition) is 5. The van der Waals surface area contributed by atoms with Crippen LogP contribution in [-0.2, 0) is 9.53 Å². The molecule has 2 aromatic rings. The van der Waals surface area contributed by atoms with E-state index in [2.05, 4.69) is 5.32 Å². The van der Waals surface area contributed by atoms with Crippen LogP contribution in [0, 0.1) is 0 Å². The molecule has 0 aromatic heterocycles. The Bertz CT molecular complexity index is 763. The number of carboxylic acid groups (broad SMARTS) is 1. The Morgan fingerprint density at radius 3 is 2.52 bits per heavy atom. The zero-order chi connectivity index (χ0) is 19.6. The van der Waals surface area contributed by atoms with Crippen LogP contribution in [0.25, 0.3) is 0 Å². The van der Waals surface area contributed by atoms with Crippen molar-refractivity contribution in [1.29, 1.82) is 0 Å². The van der Waals surface area contributed by atoms with Crippen LogP contribution in [-0.4, -0.2) is 43.6 Å². The minimum Gasteiger partial charge on any atom is -0.491 e. The first-order valence-electron chi connectivity index (χ1n) is 8.42. The minimum absolute atomic E-state index is 0.200. The Balaban J connectivity index is 2.12. The van der Waals surface area contributed by atoms with E-state index in [0.717, 1.165) is 10.5 Å². The van der Waals surface area contributed by atoms with E-state index in [0.29, 0.717) is 24.5 Å². The fraction of sp³-hybridized carbons (Fsp3) is 0.300. The topological polar surface area (TPSA) is 84.9 Å². The van der Waals surface area contributed by atoms with Crippen molar-refractivity contribution in [1.82, 2.24) is 5.32 Å². The summed E-state index contributed by atoms with van der Waals surface area (Å²) in [6, 6.07) is 13.6. The van der Waals surface area contributed by atoms with E-state index in [1.807, 2.05) is 30.5 Å². The monoisotopic (exact) mass is 389 g/mol. The maximum atomic E-state index is 12.6. The van der Waals surface area contributed by atoms with Gasteiger partial charge < -0.3 is 19.9 Å². The number of nitrogens with one attached hydrogen (secondary N) is 1. The molecule has 1 unspecified atom stereocenters. The van der Waals surface area contributed by atoms with Gasteiger partial charge >= 0.3 is 5.97 Å². The predicted molar refractivity (Wildman–Crippen MR) is 104 cm³/mol. The Labute approximate surface area is 162 Å². The molecule has 0 saturated heterocycles. The van der Waals surface area contributed by atoms with Gasteiger partial charge in [-0.05, 0) is 42.2 Å². The van der Waals surface area contributed by atoms with Gasteiger partial charge in [-0.15, -0.1) is 11.8 Å². The quantitative estimate of drug-likeness (QED) is 0.479. The lowest BCUT2D eigenvalue weighted by molar-refractivity contribution is -0.137. The van der Waals surface area contributed by atoms with Crippen LogP contribution in [0.15, 0.2) is 53.4 Å². The molecule has 0 heterocycles. The lowest BCUT2D eigenvalue weighted by atomic mass is 10.0. The second-order valence-corrected chi connectivity index (χ2v) is 6.65. The molecule has 0 saturated carbocycles. The first-order chi connectivity index (χ1) is 13.0. The van der Waals surface area contributed by atoms with Gasteiger partial charge in [0.2, 0.25) is 0 Å². The van der Waals surface area contributed by atoms with E-state index < -0.39 is 12.0 Å². The van der Waals surface area contributed by atoms with Crippen molar-refractivity contribution in [3.8, 4) is 5.75 Å². The summed E-state index contributed by atoms with van der Waals surface area (Å²) in [4.78, 5) is 24.9. The molecule has 2 rings (SSSR count). The number of ether oxygens (including phenoxy) is 2. The summed E-state index contributed by atoms with van der Waals surface area (Å²) in [7, 11) is 1.58. The number of amides is 1. The fourth-order valence-corrected chi connectivity index (χ4v) is 2.88. The van der Waals surface area contributed by atoms with Crippen molar-refractivity contribution in [2.75, 3.05) is 26.6 Å². The number of aliphatic carboxylic acids is 1. The molecular formula is C20H23NO5S. The summed E-state index contributed by atoms with van der Waals surface area (Å²) in [6.07, 6.45) is 1.77. The fourth-order valence-electron chi connectivity index (χ4n) is 2.47. The number of benzene rings is 2. The van der Waals surface area contributed by atoms with Crippen LogP contribution in [0.4, 0.5) is 0 Å². The van der Waals surface area contributed by atoms with Gasteiger partial charge in [-0.3, -0.25) is 9.59 Å². The highest BCUT2D eigenvalue weighted by Crippen LogP contribution is 2.22. The summed E-state index contributed by atoms with van der Waals surface area (Å²) in [6.45, 7) is 0.828. The zero-order valence-electron chi connectivity index (χ0n) is 15.3. The third kappa shape index (κ3) is 6.62. The highest BCUT2D eigenvalue weighted by atomic mass is 32.2. The Morgan fingerprint density at radius 2 is 1.89 bits per heavy atom. The van der Waals surface area contributed by atoms with E-state index in [-0.39, 0.29) is 12.3 Å². The van der Waals surface area contributed by atoms with Crippen molar-refractivity contribution in [2.45, 2.75) is 17.4 Å². The van der Waals surface area contributed by atoms with Gasteiger partial charge in [-0.2, -0.15) is 0 Å². The summed E-state index contributed by atoms with van der Waals surface area (Å²) >= 11 is 1.60. The lowest BCUT2D eigenvalue weighted by Crippen LogP contribution is -2.30. The second-order valence-electron chi connectivity index (χ2n) is 5.77. The van der Waals surface area contributed by atoms with Crippen molar-refractivity contribution < 1.29 is 24.2 Å². The maximum Gasteiger partial charge on any atom is 0.305 e. The average Bonchev–Trinajstić information content (AvgIpc) is 2.67. The molecule has 1 atom stereocenters. The first kappa shape index (κ1) is 20.8. The number of thioether (sulfide) groups is 1. The molecule has 27 heavy (non-hydrogen) atoms. The molecular weight excluding hydrogens is 366 g/mol. The summed E-state index contributed by atoms with van der Waals surface area (Å²) < 4.78 is 10.5. The van der Waals surface area contributed by atoms with Gasteiger partial charge in [-0.1, -0.05) is 18.2 Å². The standard InChI is InChI=1S/C20H23NO5S/c1-25-10-11-26-16-5-3-4-15(12-16)20(24)21-18(13-19(22)23)14-6-8-17(27-2)9-7-14/h3-9,12,18H,10-11,13H2,1-2H3,(H,21,24)(H,22,23). The number of carbonyl (C=O) groups is 2. The van der Waals surface area contributed by atoms with E-state index in [4.69, 9.17) is 9.47 Å². The maximum absolute atomic E-state index is 12.6. The molecule has 0 bridgehead atoms. The van der Waals surface area contributed by atoms with Gasteiger partial charge in [0.15, 0.2) is 0 Å². The summed E-state index contributed by atoms with van der Waals surface area (Å²) in [5, 5.41) is 12.0. The molecule has 1 amide bonds. The molecule has 0 aliphatic rings. The number of hydrogen-bond donors (Lipinski definition) is 2. The molecule has 0 radical (unpaired) electrons. The van der Waals surface area contributed by atoms with Gasteiger partial charge in [-0.25, -0.2) is 0 Å². The first-order valence-corrected chi connectivity index (χ1v) is 9.64. The number of carbonyl (C=O) groups excluding carboxylic acids is 1. The summed E-state index contributed by atoms with van der Waals surface area (Å²) in [5.74, 6) is -0.780. The third-order valence-electron chi connectivity index (χ3n) is 3.85. The number of methoxy groups -OCH3 is 1. The average molecular weight is 389 g/mol. The van der Waals surface area contributed by atoms with Crippen LogP contribution < -0.4 is 10.1 Å². The van der Waals surface area contributed by atoms with Crippen LogP contribution in [0.1, 0.15) is 28.4 Å². The molecule has 0 fully saturated rings. The summed E-state index contributed by atoms with van der Waals surface area (Å²) in [5.41, 5.74) is 1.15. The van der Waals surface area contributed by atoms with E-state index in [1.165, 1.54) is 0 Å². The molecule has 2 aromatic carbocycles. The minimum atomic E-state index is -0.981. The predicted octanol–water partition coefficient (Wildman–Crippen LogP) is 3.38. The molecule has 0 aliphatic heterocycles. The van der Waals surface area contributed by atoms with Crippen LogP contribution in [0.2, 0.25) is 0 Å². The third-order valence-corrected chi connectivity index (χ3v) is 4.60. The SMILES string of the molecule is COCCOc1cccc(C(=O)NC(CC(=O)O)c2ccc(SC)cc2)c1. The van der Waals surface area contributed by atoms with Crippen LogP contribution in [0.5, 0.6) is 5.75 Å². The smallest absolute Gasteiger partial charge is 0.305 e. The highest BCUT2D eigenvalue weighted by molar-refractivity contribution is 7.98. The number of carboxylic acids is 1. The van der Waals surface area contributed by atoms with Gasteiger partial charge in [0.25, 0.3) is 5.91 Å². The Hall–Kier alpha value is -2.51. The van der Waals surface area contributed by atoms with Crippen molar-refractivity contribution in [3.63, 3.8) is 0 Å². The van der Waals surface area contributed by atoms with Crippen molar-refractivity contribution >= 4 is 23.6 Å². The van der Waals surface area contributed by atoms with E-state index in [9.17, 15) is 14.7 Å². The molecule has 2 N–H and O–H groups in total. The highest BCUT2D eigenvalue weighted by Gasteiger charge is 2.19. The van der Waals surface area contributed by atoms with Gasteiger partial charge in [0, 0.05) is 17.6 Å². The molecule has 144 valence electrons. The second kappa shape index (κ2) is 10.6. The molecule has 7 heteroatoms. The van der Waals surface area contributed by atoms with Crippen LogP contribution in [0.3, 0.4) is 0 Å². The van der Waals surface area contributed by atoms with Crippen LogP contribution >= 0.6 is 11.8 Å². The molecule has 0 spiro atoms. The van der Waals surface area contributed by atoms with E-state index >= 15 is 0 Å². The normalized spacial score (nSPS) is 11.6. The van der Waals surface area contributed by atoms with Gasteiger partial charge in [0.1, 0.15) is 12.4 Å². The Morgan fingerprint density at radius 1 is 1.15 bits per heavy atom. The molecule has 6 nitrogen and oxygen atoms in total. The lowest BCUT2D eigenvalue weighted by Gasteiger charge is -2.18. The molecule has 0 aliphatic carbocycles. The Kier molecular flexibility index (Phi) is 8.16. The van der Waals surface area contributed by atoms with Crippen molar-refractivity contribution in [2.24, 2.45) is 0 Å². The van der Waals surface area contributed by atoms with Gasteiger partial charge in [0.05, 0.1) is 19.1 Å².